The fourth-order valence-corrected chi connectivity index (χ4v) is 1.60. The quantitative estimate of drug-likeness (QED) is 0.910. The molecule has 1 heterocycles. The van der Waals surface area contributed by atoms with Gasteiger partial charge in [0.15, 0.2) is 0 Å². The number of rotatable bonds is 4. The molecule has 1 aromatic carbocycles. The second-order valence-corrected chi connectivity index (χ2v) is 4.31. The molecule has 0 bridgehead atoms. The molecule has 0 fully saturated rings. The number of aromatic nitrogens is 2. The highest BCUT2D eigenvalue weighted by atomic mass is 35.5. The van der Waals surface area contributed by atoms with E-state index < -0.39 is 11.7 Å². The summed E-state index contributed by atoms with van der Waals surface area (Å²) < 4.78 is 13.3. The average molecular weight is 295 g/mol. The lowest BCUT2D eigenvalue weighted by molar-refractivity contribution is 0.102. The molecule has 0 saturated heterocycles. The van der Waals surface area contributed by atoms with Gasteiger partial charge >= 0.3 is 0 Å². The Hall–Kier alpha value is -2.21. The number of carbonyl (C=O) groups is 1. The Kier molecular flexibility index (Phi) is 4.47. The molecular formula is C13H12ClFN4O. The molecule has 5 nitrogen and oxygen atoms in total. The largest absolute Gasteiger partial charge is 0.369 e. The van der Waals surface area contributed by atoms with Crippen molar-refractivity contribution in [1.29, 1.82) is 0 Å². The van der Waals surface area contributed by atoms with E-state index in [1.165, 1.54) is 24.5 Å². The van der Waals surface area contributed by atoms with E-state index in [1.54, 1.807) is 0 Å². The summed E-state index contributed by atoms with van der Waals surface area (Å²) in [5.74, 6) is -0.484. The zero-order chi connectivity index (χ0) is 14.5. The SMILES string of the molecule is CCNc1cnc(C(=O)Nc2ccc(Cl)c(F)c2)cn1. The first-order valence-corrected chi connectivity index (χ1v) is 6.30. The van der Waals surface area contributed by atoms with Gasteiger partial charge in [0.25, 0.3) is 5.91 Å². The molecule has 1 aromatic heterocycles. The summed E-state index contributed by atoms with van der Waals surface area (Å²) in [5, 5.41) is 5.48. The molecule has 7 heteroatoms. The molecule has 1 amide bonds. The minimum Gasteiger partial charge on any atom is -0.369 e. The third-order valence-electron chi connectivity index (χ3n) is 2.42. The second kappa shape index (κ2) is 6.29. The number of hydrogen-bond acceptors (Lipinski definition) is 4. The van der Waals surface area contributed by atoms with E-state index in [2.05, 4.69) is 20.6 Å². The number of benzene rings is 1. The Bertz CT molecular complexity index is 618. The van der Waals surface area contributed by atoms with Crippen molar-refractivity contribution in [3.63, 3.8) is 0 Å². The minimum atomic E-state index is -0.599. The Morgan fingerprint density at radius 2 is 2.15 bits per heavy atom. The first-order valence-electron chi connectivity index (χ1n) is 5.92. The lowest BCUT2D eigenvalue weighted by atomic mass is 10.3. The van der Waals surface area contributed by atoms with Gasteiger partial charge in [0.05, 0.1) is 17.4 Å². The summed E-state index contributed by atoms with van der Waals surface area (Å²) in [6, 6.07) is 4.01. The fourth-order valence-electron chi connectivity index (χ4n) is 1.49. The van der Waals surface area contributed by atoms with Gasteiger partial charge in [0, 0.05) is 12.2 Å². The van der Waals surface area contributed by atoms with Crippen LogP contribution in [-0.2, 0) is 0 Å². The minimum absolute atomic E-state index is 0.00205. The summed E-state index contributed by atoms with van der Waals surface area (Å²) in [7, 11) is 0. The van der Waals surface area contributed by atoms with Crippen LogP contribution in [0.4, 0.5) is 15.9 Å². The van der Waals surface area contributed by atoms with Crippen molar-refractivity contribution in [3.8, 4) is 0 Å². The van der Waals surface area contributed by atoms with Crippen molar-refractivity contribution < 1.29 is 9.18 Å². The maximum Gasteiger partial charge on any atom is 0.275 e. The molecule has 20 heavy (non-hydrogen) atoms. The van der Waals surface area contributed by atoms with Gasteiger partial charge in [0.2, 0.25) is 0 Å². The molecule has 0 aliphatic heterocycles. The zero-order valence-electron chi connectivity index (χ0n) is 10.7. The number of amides is 1. The van der Waals surface area contributed by atoms with Gasteiger partial charge in [0.1, 0.15) is 17.3 Å². The van der Waals surface area contributed by atoms with Crippen LogP contribution in [0.15, 0.2) is 30.6 Å². The summed E-state index contributed by atoms with van der Waals surface area (Å²) >= 11 is 5.56. The van der Waals surface area contributed by atoms with Gasteiger partial charge in [-0.05, 0) is 25.1 Å². The molecule has 2 N–H and O–H groups in total. The smallest absolute Gasteiger partial charge is 0.275 e. The maximum atomic E-state index is 13.3. The molecule has 2 rings (SSSR count). The van der Waals surface area contributed by atoms with E-state index in [1.807, 2.05) is 6.92 Å². The number of halogens is 2. The van der Waals surface area contributed by atoms with E-state index in [-0.39, 0.29) is 10.7 Å². The van der Waals surface area contributed by atoms with Crippen LogP contribution >= 0.6 is 11.6 Å². The van der Waals surface area contributed by atoms with Crippen molar-refractivity contribution in [2.45, 2.75) is 6.92 Å². The molecule has 0 spiro atoms. The van der Waals surface area contributed by atoms with Crippen LogP contribution in [0, 0.1) is 5.82 Å². The predicted octanol–water partition coefficient (Wildman–Crippen LogP) is 2.95. The third kappa shape index (κ3) is 3.42. The van der Waals surface area contributed by atoms with Crippen molar-refractivity contribution in [2.75, 3.05) is 17.2 Å². The van der Waals surface area contributed by atoms with Crippen LogP contribution in [0.3, 0.4) is 0 Å². The third-order valence-corrected chi connectivity index (χ3v) is 2.73. The van der Waals surface area contributed by atoms with Gasteiger partial charge in [-0.15, -0.1) is 0 Å². The van der Waals surface area contributed by atoms with E-state index >= 15 is 0 Å². The van der Waals surface area contributed by atoms with Crippen LogP contribution in [0.1, 0.15) is 17.4 Å². The number of nitrogens with zero attached hydrogens (tertiary/aromatic N) is 2. The topological polar surface area (TPSA) is 66.9 Å². The monoisotopic (exact) mass is 294 g/mol. The molecule has 104 valence electrons. The van der Waals surface area contributed by atoms with E-state index in [0.717, 1.165) is 6.07 Å². The highest BCUT2D eigenvalue weighted by Gasteiger charge is 2.09. The molecule has 0 saturated carbocycles. The van der Waals surface area contributed by atoms with Gasteiger partial charge in [-0.1, -0.05) is 11.6 Å². The number of nitrogens with one attached hydrogen (secondary N) is 2. The van der Waals surface area contributed by atoms with Crippen molar-refractivity contribution in [2.24, 2.45) is 0 Å². The van der Waals surface area contributed by atoms with Crippen LogP contribution in [0.25, 0.3) is 0 Å². The first kappa shape index (κ1) is 14.2. The summed E-state index contributed by atoms with van der Waals surface area (Å²) in [5.41, 5.74) is 0.441. The fraction of sp³-hybridized carbons (Fsp3) is 0.154. The van der Waals surface area contributed by atoms with Gasteiger partial charge in [-0.2, -0.15) is 0 Å². The predicted molar refractivity (Wildman–Crippen MR) is 75.6 cm³/mol. The molecule has 0 aliphatic carbocycles. The average Bonchev–Trinajstić information content (AvgIpc) is 2.44. The first-order chi connectivity index (χ1) is 9.60. The standard InChI is InChI=1S/C13H12ClFN4O/c1-2-16-12-7-17-11(6-18-12)13(20)19-8-3-4-9(14)10(15)5-8/h3-7H,2H2,1H3,(H,16,18)(H,19,20). The van der Waals surface area contributed by atoms with Crippen LogP contribution in [-0.4, -0.2) is 22.4 Å². The number of carbonyl (C=O) groups excluding carboxylic acids is 1. The highest BCUT2D eigenvalue weighted by Crippen LogP contribution is 2.19. The Morgan fingerprint density at radius 3 is 2.75 bits per heavy atom. The lowest BCUT2D eigenvalue weighted by Gasteiger charge is -2.06. The van der Waals surface area contributed by atoms with Crippen LogP contribution < -0.4 is 10.6 Å². The molecule has 0 unspecified atom stereocenters. The Morgan fingerprint density at radius 1 is 1.35 bits per heavy atom. The van der Waals surface area contributed by atoms with Crippen molar-refractivity contribution in [1.82, 2.24) is 9.97 Å². The second-order valence-electron chi connectivity index (χ2n) is 3.90. The Labute approximate surface area is 120 Å². The van der Waals surface area contributed by atoms with Gasteiger partial charge in [-0.3, -0.25) is 4.79 Å². The molecule has 2 aromatic rings. The maximum absolute atomic E-state index is 13.3. The van der Waals surface area contributed by atoms with Gasteiger partial charge < -0.3 is 10.6 Å². The normalized spacial score (nSPS) is 10.2. The summed E-state index contributed by atoms with van der Waals surface area (Å²) in [6.45, 7) is 2.64. The number of hydrogen-bond donors (Lipinski definition) is 2. The van der Waals surface area contributed by atoms with Gasteiger partial charge in [-0.25, -0.2) is 14.4 Å². The molecular weight excluding hydrogens is 283 g/mol. The summed E-state index contributed by atoms with van der Waals surface area (Å²) in [6.07, 6.45) is 2.81. The number of anilines is 2. The Balaban J connectivity index is 2.09. The molecule has 0 atom stereocenters. The molecule has 0 aliphatic rings. The lowest BCUT2D eigenvalue weighted by Crippen LogP contribution is -2.14. The van der Waals surface area contributed by atoms with Crippen molar-refractivity contribution >= 4 is 29.0 Å². The van der Waals surface area contributed by atoms with Crippen LogP contribution in [0.2, 0.25) is 5.02 Å². The van der Waals surface area contributed by atoms with Crippen LogP contribution in [0.5, 0.6) is 0 Å². The van der Waals surface area contributed by atoms with E-state index in [4.69, 9.17) is 11.6 Å². The zero-order valence-corrected chi connectivity index (χ0v) is 11.4. The van der Waals surface area contributed by atoms with E-state index in [0.29, 0.717) is 18.1 Å². The summed E-state index contributed by atoms with van der Waals surface area (Å²) in [4.78, 5) is 19.9. The van der Waals surface area contributed by atoms with Crippen molar-refractivity contribution in [3.05, 3.63) is 47.1 Å². The molecule has 0 radical (unpaired) electrons. The highest BCUT2D eigenvalue weighted by molar-refractivity contribution is 6.30. The van der Waals surface area contributed by atoms with E-state index in [9.17, 15) is 9.18 Å².